The number of anilines is 1. The highest BCUT2D eigenvalue weighted by Crippen LogP contribution is 2.44. The predicted octanol–water partition coefficient (Wildman–Crippen LogP) is 4.94. The van der Waals surface area contributed by atoms with Gasteiger partial charge in [0.15, 0.2) is 0 Å². The summed E-state index contributed by atoms with van der Waals surface area (Å²) in [7, 11) is 1.54. The zero-order valence-electron chi connectivity index (χ0n) is 15.6. The lowest BCUT2D eigenvalue weighted by Gasteiger charge is -2.32. The number of hydrazone groups is 1. The number of aromatic nitrogens is 1. The second-order valence-corrected chi connectivity index (χ2v) is 7.32. The van der Waals surface area contributed by atoms with Gasteiger partial charge in [0.25, 0.3) is 5.72 Å². The molecule has 1 N–H and O–H groups in total. The molecular weight excluding hydrogens is 419 g/mol. The zero-order valence-corrected chi connectivity index (χ0v) is 16.4. The molecule has 3 heterocycles. The molecule has 0 saturated carbocycles. The molecule has 0 radical (unpaired) electrons. The summed E-state index contributed by atoms with van der Waals surface area (Å²) in [6, 6.07) is 10.3. The van der Waals surface area contributed by atoms with Crippen molar-refractivity contribution >= 4 is 28.3 Å². The van der Waals surface area contributed by atoms with Crippen LogP contribution in [0.1, 0.15) is 12.2 Å². The second-order valence-electron chi connectivity index (χ2n) is 6.49. The average molecular weight is 435 g/mol. The van der Waals surface area contributed by atoms with Crippen molar-refractivity contribution in [1.29, 1.82) is 0 Å². The third-order valence-corrected chi connectivity index (χ3v) is 5.32. The van der Waals surface area contributed by atoms with Gasteiger partial charge in [-0.05, 0) is 48.6 Å². The molecule has 10 heteroatoms. The highest BCUT2D eigenvalue weighted by Gasteiger charge is 2.62. The molecule has 0 saturated heterocycles. The molecule has 156 valence electrons. The first-order valence-electron chi connectivity index (χ1n) is 8.78. The molecule has 4 rings (SSSR count). The molecule has 6 nitrogen and oxygen atoms in total. The monoisotopic (exact) mass is 435 g/mol. The minimum Gasteiger partial charge on any atom is -0.497 e. The molecule has 30 heavy (non-hydrogen) atoms. The number of benzene rings is 1. The van der Waals surface area contributed by atoms with Gasteiger partial charge < -0.3 is 14.3 Å². The highest BCUT2D eigenvalue weighted by atomic mass is 32.1. The maximum atomic E-state index is 13.7. The number of nitrogens with zero attached hydrogens (tertiary/aromatic N) is 3. The van der Waals surface area contributed by atoms with Crippen molar-refractivity contribution < 1.29 is 27.4 Å². The fourth-order valence-corrected chi connectivity index (χ4v) is 3.76. The normalized spacial score (nSPS) is 19.5. The number of halogens is 3. The van der Waals surface area contributed by atoms with Crippen molar-refractivity contribution in [2.45, 2.75) is 18.3 Å². The summed E-state index contributed by atoms with van der Waals surface area (Å²) in [5.41, 5.74) is -1.97. The molecule has 1 aliphatic heterocycles. The van der Waals surface area contributed by atoms with Gasteiger partial charge in [-0.2, -0.15) is 23.3 Å². The minimum absolute atomic E-state index is 0.0485. The van der Waals surface area contributed by atoms with E-state index in [0.717, 1.165) is 11.3 Å². The Morgan fingerprint density at radius 2 is 2.00 bits per heavy atom. The summed E-state index contributed by atoms with van der Waals surface area (Å²) in [4.78, 5) is 4.27. The lowest BCUT2D eigenvalue weighted by molar-refractivity contribution is -0.254. The number of methoxy groups -OCH3 is 1. The summed E-state index contributed by atoms with van der Waals surface area (Å²) in [5, 5.41) is 16.6. The summed E-state index contributed by atoms with van der Waals surface area (Å²) in [6.45, 7) is 0. The maximum absolute atomic E-state index is 13.7. The molecule has 0 amide bonds. The average Bonchev–Trinajstić information content (AvgIpc) is 3.46. The number of rotatable bonds is 5. The van der Waals surface area contributed by atoms with Crippen molar-refractivity contribution in [3.63, 3.8) is 0 Å². The van der Waals surface area contributed by atoms with Crippen LogP contribution in [0.5, 0.6) is 5.75 Å². The van der Waals surface area contributed by atoms with Crippen LogP contribution in [0.2, 0.25) is 0 Å². The first-order valence-corrected chi connectivity index (χ1v) is 9.66. The number of alkyl halides is 3. The molecule has 1 aromatic carbocycles. The number of furan rings is 1. The first kappa shape index (κ1) is 20.2. The topological polar surface area (TPSA) is 71.1 Å². The Bertz CT molecular complexity index is 1070. The van der Waals surface area contributed by atoms with E-state index in [1.807, 2.05) is 0 Å². The molecule has 0 unspecified atom stereocenters. The standard InChI is InChI=1S/C20H16F3N3O3S/c1-28-15-7-4-13(5-8-15)17-12-30-18(24-17)26-19(27,20(21,22)23)11-14(25-26)6-9-16-3-2-10-29-16/h2-10,12,27H,11H2,1H3/b9-6+/t19-/m1/s1. The Hall–Kier alpha value is -3.11. The number of aliphatic hydroxyl groups is 1. The van der Waals surface area contributed by atoms with Crippen molar-refractivity contribution in [2.75, 3.05) is 12.1 Å². The zero-order chi connectivity index (χ0) is 21.4. The maximum Gasteiger partial charge on any atom is 0.438 e. The van der Waals surface area contributed by atoms with E-state index in [-0.39, 0.29) is 10.8 Å². The van der Waals surface area contributed by atoms with Gasteiger partial charge in [0, 0.05) is 10.9 Å². The molecule has 3 aromatic rings. The quantitative estimate of drug-likeness (QED) is 0.615. The SMILES string of the molecule is COc1ccc(-c2csc(N3N=C(/C=C/c4ccco4)C[C@@]3(O)C(F)(F)F)n2)cc1. The van der Waals surface area contributed by atoms with E-state index in [2.05, 4.69) is 10.1 Å². The van der Waals surface area contributed by atoms with Gasteiger partial charge in [0.05, 0.1) is 31.2 Å². The fraction of sp³-hybridized carbons (Fsp3) is 0.200. The van der Waals surface area contributed by atoms with Gasteiger partial charge in [0.2, 0.25) is 5.13 Å². The number of thiazole rings is 1. The van der Waals surface area contributed by atoms with Crippen molar-refractivity contribution in [2.24, 2.45) is 5.10 Å². The summed E-state index contributed by atoms with van der Waals surface area (Å²) < 4.78 is 51.4. The van der Waals surface area contributed by atoms with E-state index < -0.39 is 18.3 Å². The molecule has 1 aliphatic rings. The Labute approximate surface area is 173 Å². The summed E-state index contributed by atoms with van der Waals surface area (Å²) in [5.74, 6) is 1.11. The molecule has 0 bridgehead atoms. The van der Waals surface area contributed by atoms with Gasteiger partial charge in [-0.15, -0.1) is 11.3 Å². The van der Waals surface area contributed by atoms with Crippen LogP contribution in [0.3, 0.4) is 0 Å². The predicted molar refractivity (Wildman–Crippen MR) is 107 cm³/mol. The van der Waals surface area contributed by atoms with Crippen LogP contribution < -0.4 is 9.75 Å². The second kappa shape index (κ2) is 7.62. The van der Waals surface area contributed by atoms with Crippen molar-refractivity contribution in [3.8, 4) is 17.0 Å². The molecule has 0 aliphatic carbocycles. The molecule has 1 atom stereocenters. The Morgan fingerprint density at radius 1 is 1.23 bits per heavy atom. The van der Waals surface area contributed by atoms with Crippen LogP contribution in [-0.2, 0) is 0 Å². The van der Waals surface area contributed by atoms with E-state index >= 15 is 0 Å². The third-order valence-electron chi connectivity index (χ3n) is 4.50. The van der Waals surface area contributed by atoms with E-state index in [1.165, 1.54) is 25.5 Å². The van der Waals surface area contributed by atoms with E-state index in [1.54, 1.807) is 41.8 Å². The molecule has 0 spiro atoms. The lowest BCUT2D eigenvalue weighted by atomic mass is 10.1. The van der Waals surface area contributed by atoms with Crippen molar-refractivity contribution in [1.82, 2.24) is 4.98 Å². The van der Waals surface area contributed by atoms with Crippen LogP contribution in [0.15, 0.2) is 63.6 Å². The van der Waals surface area contributed by atoms with Gasteiger partial charge in [-0.3, -0.25) is 0 Å². The number of hydrogen-bond donors (Lipinski definition) is 1. The van der Waals surface area contributed by atoms with Gasteiger partial charge in [-0.1, -0.05) is 0 Å². The van der Waals surface area contributed by atoms with Crippen LogP contribution in [-0.4, -0.2) is 34.8 Å². The third kappa shape index (κ3) is 3.71. The largest absolute Gasteiger partial charge is 0.497 e. The van der Waals surface area contributed by atoms with E-state index in [4.69, 9.17) is 9.15 Å². The Morgan fingerprint density at radius 3 is 2.63 bits per heavy atom. The molecule has 2 aromatic heterocycles. The minimum atomic E-state index is -4.94. The Balaban J connectivity index is 1.66. The van der Waals surface area contributed by atoms with E-state index in [9.17, 15) is 18.3 Å². The fourth-order valence-electron chi connectivity index (χ4n) is 2.91. The number of ether oxygens (including phenoxy) is 1. The molecule has 0 fully saturated rings. The summed E-state index contributed by atoms with van der Waals surface area (Å²) in [6.07, 6.45) is -1.35. The van der Waals surface area contributed by atoms with Crippen molar-refractivity contribution in [3.05, 3.63) is 59.9 Å². The lowest BCUT2D eigenvalue weighted by Crippen LogP contribution is -2.55. The van der Waals surface area contributed by atoms with Gasteiger partial charge in [-0.25, -0.2) is 4.98 Å². The number of hydrogen-bond acceptors (Lipinski definition) is 7. The van der Waals surface area contributed by atoms with Crippen LogP contribution in [0.4, 0.5) is 18.3 Å². The van der Waals surface area contributed by atoms with Crippen LogP contribution in [0.25, 0.3) is 17.3 Å². The highest BCUT2D eigenvalue weighted by molar-refractivity contribution is 7.14. The number of allylic oxidation sites excluding steroid dienone is 1. The van der Waals surface area contributed by atoms with Gasteiger partial charge in [0.1, 0.15) is 11.5 Å². The van der Waals surface area contributed by atoms with E-state index in [0.29, 0.717) is 27.8 Å². The van der Waals surface area contributed by atoms with Gasteiger partial charge >= 0.3 is 6.18 Å². The molecular formula is C20H16F3N3O3S. The first-order chi connectivity index (χ1) is 14.3. The summed E-state index contributed by atoms with van der Waals surface area (Å²) >= 11 is 0.962. The Kier molecular flexibility index (Phi) is 5.12. The van der Waals surface area contributed by atoms with Crippen LogP contribution in [0, 0.1) is 0 Å². The smallest absolute Gasteiger partial charge is 0.438 e. The van der Waals surface area contributed by atoms with Crippen LogP contribution >= 0.6 is 11.3 Å².